The molecule has 0 atom stereocenters. The maximum atomic E-state index is 13.3. The summed E-state index contributed by atoms with van der Waals surface area (Å²) in [6.45, 7) is 0.948. The molecule has 31 heavy (non-hydrogen) atoms. The lowest BCUT2D eigenvalue weighted by Gasteiger charge is -2.26. The van der Waals surface area contributed by atoms with Crippen LogP contribution < -0.4 is 0 Å². The fourth-order valence-electron chi connectivity index (χ4n) is 3.34. The van der Waals surface area contributed by atoms with Crippen molar-refractivity contribution in [2.75, 3.05) is 26.3 Å². The zero-order valence-electron chi connectivity index (χ0n) is 15.9. The maximum absolute atomic E-state index is 13.3. The van der Waals surface area contributed by atoms with Gasteiger partial charge in [0.2, 0.25) is 20.1 Å². The van der Waals surface area contributed by atoms with Crippen LogP contribution in [0.2, 0.25) is 0 Å². The van der Waals surface area contributed by atoms with Gasteiger partial charge in [-0.15, -0.1) is 10.2 Å². The molecule has 0 amide bonds. The van der Waals surface area contributed by atoms with E-state index in [1.165, 1.54) is 27.8 Å². The fourth-order valence-corrected chi connectivity index (χ4v) is 7.16. The van der Waals surface area contributed by atoms with Crippen LogP contribution in [0.4, 0.5) is 5.69 Å². The second kappa shape index (κ2) is 7.84. The Hall–Kier alpha value is -2.58. The Labute approximate surface area is 184 Å². The predicted octanol–water partition coefficient (Wildman–Crippen LogP) is 3.02. The van der Waals surface area contributed by atoms with Gasteiger partial charge >= 0.3 is 0 Å². The van der Waals surface area contributed by atoms with Crippen LogP contribution in [0.15, 0.2) is 57.4 Å². The highest BCUT2D eigenvalue weighted by atomic mass is 32.2. The van der Waals surface area contributed by atoms with E-state index in [9.17, 15) is 18.5 Å². The molecule has 4 aromatic rings. The van der Waals surface area contributed by atoms with Gasteiger partial charge in [-0.05, 0) is 30.0 Å². The molecule has 1 fully saturated rings. The summed E-state index contributed by atoms with van der Waals surface area (Å²) in [5.41, 5.74) is 0.623. The minimum Gasteiger partial charge on any atom is -0.379 e. The van der Waals surface area contributed by atoms with E-state index in [0.29, 0.717) is 15.0 Å². The van der Waals surface area contributed by atoms with Crippen molar-refractivity contribution in [3.8, 4) is 0 Å². The molecule has 0 radical (unpaired) electrons. The summed E-state index contributed by atoms with van der Waals surface area (Å²) >= 11 is 2.60. The smallest absolute Gasteiger partial charge is 0.270 e. The number of hydrogen-bond acceptors (Lipinski definition) is 9. The number of morpholine rings is 1. The Balaban J connectivity index is 1.63. The summed E-state index contributed by atoms with van der Waals surface area (Å²) in [4.78, 5) is 11.6. The molecule has 0 aliphatic carbocycles. The third kappa shape index (κ3) is 3.57. The Morgan fingerprint density at radius 1 is 1.13 bits per heavy atom. The first-order chi connectivity index (χ1) is 14.9. The van der Waals surface area contributed by atoms with E-state index in [4.69, 9.17) is 4.74 Å². The van der Waals surface area contributed by atoms with Gasteiger partial charge < -0.3 is 4.74 Å². The number of hydrogen-bond donors (Lipinski definition) is 0. The predicted molar refractivity (Wildman–Crippen MR) is 115 cm³/mol. The number of nitro groups is 1. The van der Waals surface area contributed by atoms with Crippen LogP contribution in [0.1, 0.15) is 0 Å². The number of para-hydroxylation sites is 1. The second-order valence-corrected chi connectivity index (χ2v) is 10.6. The molecule has 2 aromatic heterocycles. The molecule has 0 spiro atoms. The summed E-state index contributed by atoms with van der Waals surface area (Å²) in [5, 5.41) is 20.2. The molecule has 0 N–H and O–H groups in total. The molecule has 2 aromatic carbocycles. The van der Waals surface area contributed by atoms with E-state index >= 15 is 0 Å². The summed E-state index contributed by atoms with van der Waals surface area (Å²) in [7, 11) is -3.96. The van der Waals surface area contributed by atoms with Gasteiger partial charge in [0, 0.05) is 30.1 Å². The molecule has 5 rings (SSSR count). The average Bonchev–Trinajstić information content (AvgIpc) is 3.34. The quantitative estimate of drug-likeness (QED) is 0.318. The Morgan fingerprint density at radius 2 is 1.90 bits per heavy atom. The number of nitro benzene ring substituents is 1. The number of fused-ring (bicyclic) bond motifs is 3. The van der Waals surface area contributed by atoms with Gasteiger partial charge in [-0.3, -0.25) is 14.5 Å². The average molecular weight is 478 g/mol. The Bertz CT molecular complexity index is 1410. The van der Waals surface area contributed by atoms with Gasteiger partial charge in [0.05, 0.1) is 28.4 Å². The molecule has 1 aliphatic heterocycles. The van der Waals surface area contributed by atoms with Crippen LogP contribution in [0.3, 0.4) is 0 Å². The first kappa shape index (κ1) is 20.3. The van der Waals surface area contributed by atoms with Crippen molar-refractivity contribution in [2.45, 2.75) is 14.9 Å². The normalized spacial score (nSPS) is 15.6. The van der Waals surface area contributed by atoms with Crippen molar-refractivity contribution >= 4 is 54.0 Å². The van der Waals surface area contributed by atoms with Crippen LogP contribution in [0.5, 0.6) is 0 Å². The molecule has 10 nitrogen and oxygen atoms in total. The first-order valence-electron chi connectivity index (χ1n) is 9.22. The van der Waals surface area contributed by atoms with Crippen LogP contribution in [0.25, 0.3) is 15.2 Å². The molecular formula is C18H15N5O5S3. The molecule has 13 heteroatoms. The Morgan fingerprint density at radius 3 is 2.68 bits per heavy atom. The largest absolute Gasteiger partial charge is 0.379 e. The van der Waals surface area contributed by atoms with Gasteiger partial charge in [-0.25, -0.2) is 8.42 Å². The van der Waals surface area contributed by atoms with E-state index in [1.807, 2.05) is 28.7 Å². The molecule has 3 heterocycles. The lowest BCUT2D eigenvalue weighted by molar-refractivity contribution is -0.385. The third-order valence-electron chi connectivity index (χ3n) is 4.84. The minimum absolute atomic E-state index is 0.120. The van der Waals surface area contributed by atoms with E-state index in [-0.39, 0.29) is 36.9 Å². The standard InChI is InChI=1S/C18H15N5O5S3/c24-23(25)12-5-6-15(16(11-12)31(26,27)21-7-9-28-10-8-21)30-18-20-19-17-22(18)13-3-1-2-4-14(13)29-17/h1-6,11H,7-10H2. The monoisotopic (exact) mass is 477 g/mol. The van der Waals surface area contributed by atoms with Gasteiger partial charge in [0.15, 0.2) is 0 Å². The van der Waals surface area contributed by atoms with E-state index in [0.717, 1.165) is 28.0 Å². The number of aromatic nitrogens is 3. The summed E-state index contributed by atoms with van der Waals surface area (Å²) in [5.74, 6) is 0. The van der Waals surface area contributed by atoms with Crippen molar-refractivity contribution in [3.63, 3.8) is 0 Å². The Kier molecular flexibility index (Phi) is 5.14. The lowest BCUT2D eigenvalue weighted by Crippen LogP contribution is -2.40. The van der Waals surface area contributed by atoms with Gasteiger partial charge in [0.1, 0.15) is 4.90 Å². The van der Waals surface area contributed by atoms with Gasteiger partial charge in [0.25, 0.3) is 5.69 Å². The molecular weight excluding hydrogens is 462 g/mol. The molecule has 0 unspecified atom stereocenters. The summed E-state index contributed by atoms with van der Waals surface area (Å²) in [6.07, 6.45) is 0. The molecule has 0 saturated carbocycles. The number of rotatable bonds is 5. The summed E-state index contributed by atoms with van der Waals surface area (Å²) < 4.78 is 36.1. The van der Waals surface area contributed by atoms with Crippen LogP contribution in [0, 0.1) is 10.1 Å². The second-order valence-electron chi connectivity index (χ2n) is 6.68. The fraction of sp³-hybridized carbons (Fsp3) is 0.222. The highest BCUT2D eigenvalue weighted by Crippen LogP contribution is 2.38. The number of nitrogens with zero attached hydrogens (tertiary/aromatic N) is 5. The van der Waals surface area contributed by atoms with Crippen molar-refractivity contribution in [1.82, 2.24) is 18.9 Å². The molecule has 0 bridgehead atoms. The highest BCUT2D eigenvalue weighted by molar-refractivity contribution is 8.00. The number of ether oxygens (including phenoxy) is 1. The lowest BCUT2D eigenvalue weighted by atomic mass is 10.3. The zero-order valence-corrected chi connectivity index (χ0v) is 18.3. The number of thiazole rings is 1. The number of sulfonamides is 1. The zero-order chi connectivity index (χ0) is 21.6. The maximum Gasteiger partial charge on any atom is 0.270 e. The molecule has 160 valence electrons. The minimum atomic E-state index is -3.96. The number of non-ortho nitro benzene ring substituents is 1. The van der Waals surface area contributed by atoms with Crippen LogP contribution in [-0.2, 0) is 14.8 Å². The van der Waals surface area contributed by atoms with Crippen molar-refractivity contribution in [3.05, 3.63) is 52.6 Å². The SMILES string of the molecule is O=[N+]([O-])c1ccc(Sc2nnc3sc4ccccc4n23)c(S(=O)(=O)N2CCOCC2)c1. The number of benzene rings is 2. The summed E-state index contributed by atoms with van der Waals surface area (Å²) in [6, 6.07) is 11.6. The van der Waals surface area contributed by atoms with Crippen molar-refractivity contribution < 1.29 is 18.1 Å². The molecule has 1 saturated heterocycles. The van der Waals surface area contributed by atoms with Crippen molar-refractivity contribution in [1.29, 1.82) is 0 Å². The van der Waals surface area contributed by atoms with Gasteiger partial charge in [-0.2, -0.15) is 4.31 Å². The van der Waals surface area contributed by atoms with Gasteiger partial charge in [-0.1, -0.05) is 23.5 Å². The highest BCUT2D eigenvalue weighted by Gasteiger charge is 2.31. The van der Waals surface area contributed by atoms with E-state index in [2.05, 4.69) is 10.2 Å². The van der Waals surface area contributed by atoms with Crippen LogP contribution in [-0.4, -0.2) is 58.5 Å². The molecule has 1 aliphatic rings. The van der Waals surface area contributed by atoms with Crippen molar-refractivity contribution in [2.24, 2.45) is 0 Å². The van der Waals surface area contributed by atoms with Crippen LogP contribution >= 0.6 is 23.1 Å². The first-order valence-corrected chi connectivity index (χ1v) is 12.3. The van der Waals surface area contributed by atoms with E-state index in [1.54, 1.807) is 0 Å². The topological polar surface area (TPSA) is 120 Å². The van der Waals surface area contributed by atoms with E-state index < -0.39 is 14.9 Å². The third-order valence-corrected chi connectivity index (χ3v) is 8.94.